The van der Waals surface area contributed by atoms with Gasteiger partial charge in [0.25, 0.3) is 0 Å². The van der Waals surface area contributed by atoms with Crippen LogP contribution in [0.5, 0.6) is 0 Å². The third kappa shape index (κ3) is 3.23. The molecule has 2 heterocycles. The first-order valence-corrected chi connectivity index (χ1v) is 10.3. The minimum atomic E-state index is 0.592. The Hall–Kier alpha value is -2.32. The predicted octanol–water partition coefficient (Wildman–Crippen LogP) is 5.67. The second-order valence-corrected chi connectivity index (χ2v) is 8.41. The zero-order valence-corrected chi connectivity index (χ0v) is 16.0. The van der Waals surface area contributed by atoms with Gasteiger partial charge in [0.05, 0.1) is 0 Å². The van der Waals surface area contributed by atoms with Crippen molar-refractivity contribution in [3.05, 3.63) is 77.5 Å². The zero-order chi connectivity index (χ0) is 18.2. The van der Waals surface area contributed by atoms with E-state index >= 15 is 0 Å². The van der Waals surface area contributed by atoms with E-state index in [-0.39, 0.29) is 0 Å². The van der Waals surface area contributed by atoms with E-state index in [0.717, 1.165) is 18.9 Å². The molecule has 0 fully saturated rings. The average Bonchev–Trinajstić information content (AvgIpc) is 3.08. The number of aromatic amines is 1. The molecular formula is C25H28N2. The van der Waals surface area contributed by atoms with Crippen LogP contribution in [0.25, 0.3) is 16.5 Å². The van der Waals surface area contributed by atoms with Gasteiger partial charge in [0.2, 0.25) is 0 Å². The smallest absolute Gasteiger partial charge is 0.0459 e. The summed E-state index contributed by atoms with van der Waals surface area (Å²) in [5.74, 6) is 1.39. The molecular weight excluding hydrogens is 328 g/mol. The van der Waals surface area contributed by atoms with Crippen LogP contribution in [0.15, 0.2) is 60.7 Å². The molecule has 3 aromatic rings. The van der Waals surface area contributed by atoms with Gasteiger partial charge in [-0.15, -0.1) is 0 Å². The lowest BCUT2D eigenvalue weighted by Gasteiger charge is -2.32. The number of hydrogen-bond acceptors (Lipinski definition) is 1. The Bertz CT molecular complexity index is 966. The van der Waals surface area contributed by atoms with Gasteiger partial charge in [-0.25, -0.2) is 0 Å². The van der Waals surface area contributed by atoms with E-state index < -0.39 is 0 Å². The van der Waals surface area contributed by atoms with Crippen LogP contribution < -0.4 is 5.32 Å². The Labute approximate surface area is 161 Å². The van der Waals surface area contributed by atoms with Crippen LogP contribution in [-0.2, 0) is 6.42 Å². The number of H-pyrrole nitrogens is 1. The molecule has 2 N–H and O–H groups in total. The van der Waals surface area contributed by atoms with Crippen molar-refractivity contribution < 1.29 is 0 Å². The largest absolute Gasteiger partial charge is 0.358 e. The molecule has 1 aromatic heterocycles. The maximum absolute atomic E-state index is 3.75. The summed E-state index contributed by atoms with van der Waals surface area (Å²) in [5.41, 5.74) is 7.26. The monoisotopic (exact) mass is 356 g/mol. The van der Waals surface area contributed by atoms with Crippen molar-refractivity contribution in [3.8, 4) is 0 Å². The van der Waals surface area contributed by atoms with Gasteiger partial charge < -0.3 is 10.3 Å². The fourth-order valence-electron chi connectivity index (χ4n) is 5.26. The fraction of sp³-hybridized carbons (Fsp3) is 0.360. The molecule has 138 valence electrons. The molecule has 0 spiro atoms. The molecule has 0 saturated heterocycles. The maximum Gasteiger partial charge on any atom is 0.0459 e. The summed E-state index contributed by atoms with van der Waals surface area (Å²) in [5, 5.41) is 5.19. The summed E-state index contributed by atoms with van der Waals surface area (Å²) in [7, 11) is 0. The Morgan fingerprint density at radius 3 is 2.67 bits per heavy atom. The number of para-hydroxylation sites is 1. The molecule has 0 amide bonds. The quantitative estimate of drug-likeness (QED) is 0.622. The topological polar surface area (TPSA) is 27.8 Å². The number of fused-ring (bicyclic) bond motifs is 3. The van der Waals surface area contributed by atoms with Crippen molar-refractivity contribution in [2.24, 2.45) is 5.92 Å². The van der Waals surface area contributed by atoms with Gasteiger partial charge in [-0.3, -0.25) is 0 Å². The van der Waals surface area contributed by atoms with E-state index in [9.17, 15) is 0 Å². The lowest BCUT2D eigenvalue weighted by Crippen LogP contribution is -2.36. The number of benzene rings is 2. The zero-order valence-electron chi connectivity index (χ0n) is 16.0. The Kier molecular flexibility index (Phi) is 4.37. The molecule has 27 heavy (non-hydrogen) atoms. The van der Waals surface area contributed by atoms with Gasteiger partial charge in [0.1, 0.15) is 0 Å². The lowest BCUT2D eigenvalue weighted by atomic mass is 9.76. The van der Waals surface area contributed by atoms with Crippen LogP contribution in [0.4, 0.5) is 0 Å². The van der Waals surface area contributed by atoms with Crippen molar-refractivity contribution in [3.63, 3.8) is 0 Å². The van der Waals surface area contributed by atoms with Crippen LogP contribution in [0.3, 0.4) is 0 Å². The van der Waals surface area contributed by atoms with Crippen LogP contribution in [0, 0.1) is 5.92 Å². The molecule has 0 bridgehead atoms. The molecule has 5 rings (SSSR count). The van der Waals surface area contributed by atoms with Gasteiger partial charge in [0, 0.05) is 29.2 Å². The number of aromatic nitrogens is 1. The highest BCUT2D eigenvalue weighted by Crippen LogP contribution is 2.40. The average molecular weight is 357 g/mol. The van der Waals surface area contributed by atoms with Crippen LogP contribution in [-0.4, -0.2) is 17.6 Å². The molecule has 2 aromatic carbocycles. The molecule has 3 unspecified atom stereocenters. The van der Waals surface area contributed by atoms with E-state index in [0.29, 0.717) is 12.0 Å². The van der Waals surface area contributed by atoms with E-state index in [1.54, 1.807) is 5.56 Å². The Morgan fingerprint density at radius 1 is 0.963 bits per heavy atom. The van der Waals surface area contributed by atoms with Crippen molar-refractivity contribution >= 4 is 16.5 Å². The van der Waals surface area contributed by atoms with E-state index in [1.807, 2.05) is 0 Å². The third-order valence-corrected chi connectivity index (χ3v) is 6.50. The molecule has 0 saturated carbocycles. The van der Waals surface area contributed by atoms with E-state index in [4.69, 9.17) is 0 Å². The van der Waals surface area contributed by atoms with E-state index in [2.05, 4.69) is 77.9 Å². The third-order valence-electron chi connectivity index (χ3n) is 6.50. The van der Waals surface area contributed by atoms with Crippen LogP contribution in [0.1, 0.15) is 48.9 Å². The summed E-state index contributed by atoms with van der Waals surface area (Å²) in [6.07, 6.45) is 7.30. The molecule has 3 atom stereocenters. The lowest BCUT2D eigenvalue weighted by molar-refractivity contribution is 0.335. The fourth-order valence-corrected chi connectivity index (χ4v) is 5.26. The molecule has 1 aliphatic carbocycles. The van der Waals surface area contributed by atoms with Gasteiger partial charge >= 0.3 is 0 Å². The molecule has 2 aliphatic rings. The summed E-state index contributed by atoms with van der Waals surface area (Å²) in [4.78, 5) is 3.69. The minimum Gasteiger partial charge on any atom is -0.358 e. The highest BCUT2D eigenvalue weighted by molar-refractivity contribution is 5.85. The van der Waals surface area contributed by atoms with Crippen molar-refractivity contribution in [2.45, 2.75) is 44.6 Å². The highest BCUT2D eigenvalue weighted by Gasteiger charge is 2.29. The van der Waals surface area contributed by atoms with Crippen LogP contribution >= 0.6 is 0 Å². The first-order chi connectivity index (χ1) is 13.3. The first kappa shape index (κ1) is 16.8. The van der Waals surface area contributed by atoms with Crippen molar-refractivity contribution in [2.75, 3.05) is 6.54 Å². The first-order valence-electron chi connectivity index (χ1n) is 10.3. The number of hydrogen-bond donors (Lipinski definition) is 2. The second kappa shape index (κ2) is 7.01. The highest BCUT2D eigenvalue weighted by atomic mass is 14.9. The molecule has 2 heteroatoms. The van der Waals surface area contributed by atoms with Crippen LogP contribution in [0.2, 0.25) is 0 Å². The van der Waals surface area contributed by atoms with Gasteiger partial charge in [-0.05, 0) is 60.3 Å². The van der Waals surface area contributed by atoms with Gasteiger partial charge in [-0.1, -0.05) is 61.5 Å². The standard InChI is InChI=1S/C25H28N2/c1-17-13-18(15-23-22-9-5-6-10-24(22)27-25(17)23)14-21-16-20(11-12-26-21)19-7-3-2-4-8-19/h2-11,17-18,21,26-27H,12-16H2,1H3. The molecule has 2 nitrogen and oxygen atoms in total. The summed E-state index contributed by atoms with van der Waals surface area (Å²) in [6.45, 7) is 3.39. The predicted molar refractivity (Wildman–Crippen MR) is 114 cm³/mol. The summed E-state index contributed by atoms with van der Waals surface area (Å²) >= 11 is 0. The molecule has 0 radical (unpaired) electrons. The van der Waals surface area contributed by atoms with Crippen molar-refractivity contribution in [1.82, 2.24) is 10.3 Å². The Morgan fingerprint density at radius 2 is 1.78 bits per heavy atom. The second-order valence-electron chi connectivity index (χ2n) is 8.41. The summed E-state index contributed by atoms with van der Waals surface area (Å²) in [6, 6.07) is 20.3. The Balaban J connectivity index is 1.33. The number of nitrogens with one attached hydrogen (secondary N) is 2. The van der Waals surface area contributed by atoms with Crippen molar-refractivity contribution in [1.29, 1.82) is 0 Å². The SMILES string of the molecule is CC1CC(CC2CC(c3ccccc3)=CCN2)Cc2c1[nH]c1ccccc21. The maximum atomic E-state index is 3.75. The van der Waals surface area contributed by atoms with Gasteiger partial charge in [0.15, 0.2) is 0 Å². The molecule has 1 aliphatic heterocycles. The normalized spacial score (nSPS) is 25.2. The number of rotatable bonds is 3. The van der Waals surface area contributed by atoms with Gasteiger partial charge in [-0.2, -0.15) is 0 Å². The van der Waals surface area contributed by atoms with E-state index in [1.165, 1.54) is 47.0 Å². The minimum absolute atomic E-state index is 0.592. The summed E-state index contributed by atoms with van der Waals surface area (Å²) < 4.78 is 0.